The fourth-order valence-electron chi connectivity index (χ4n) is 4.80. The van der Waals surface area contributed by atoms with Crippen LogP contribution < -0.4 is 5.32 Å². The smallest absolute Gasteiger partial charge is 0.336 e. The molecule has 1 aliphatic heterocycles. The SMILES string of the molecule is CCOC(=O)C1=C(C)NC(C2CC2c2ccccc2)=C(C(=O)OCC)C1c1cccc([N+](=O)[O-])c1. The molecule has 1 heterocycles. The van der Waals surface area contributed by atoms with Crippen LogP contribution in [-0.4, -0.2) is 30.1 Å². The maximum atomic E-state index is 13.4. The van der Waals surface area contributed by atoms with Gasteiger partial charge in [0.05, 0.1) is 35.2 Å². The van der Waals surface area contributed by atoms with E-state index in [4.69, 9.17) is 9.47 Å². The number of carbonyl (C=O) groups excluding carboxylic acids is 2. The van der Waals surface area contributed by atoms with Crippen LogP contribution in [0.2, 0.25) is 0 Å². The molecule has 0 amide bonds. The van der Waals surface area contributed by atoms with Crippen molar-refractivity contribution in [2.24, 2.45) is 5.92 Å². The Bertz CT molecular complexity index is 1220. The molecule has 2 aromatic carbocycles. The number of hydrogen-bond donors (Lipinski definition) is 1. The van der Waals surface area contributed by atoms with E-state index in [1.807, 2.05) is 18.2 Å². The molecule has 1 fully saturated rings. The second kappa shape index (κ2) is 10.1. The van der Waals surface area contributed by atoms with Gasteiger partial charge in [-0.3, -0.25) is 10.1 Å². The van der Waals surface area contributed by atoms with Crippen LogP contribution in [0.1, 0.15) is 50.2 Å². The number of dihydropyridines is 1. The van der Waals surface area contributed by atoms with Gasteiger partial charge in [0.1, 0.15) is 0 Å². The summed E-state index contributed by atoms with van der Waals surface area (Å²) in [5.41, 5.74) is 3.29. The first kappa shape index (κ1) is 24.2. The summed E-state index contributed by atoms with van der Waals surface area (Å²) in [5, 5.41) is 14.8. The largest absolute Gasteiger partial charge is 0.463 e. The number of nitro benzene ring substituents is 1. The van der Waals surface area contributed by atoms with Crippen LogP contribution in [0.5, 0.6) is 0 Å². The summed E-state index contributed by atoms with van der Waals surface area (Å²) in [7, 11) is 0. The van der Waals surface area contributed by atoms with E-state index in [0.717, 1.165) is 6.42 Å². The van der Waals surface area contributed by atoms with E-state index in [9.17, 15) is 19.7 Å². The lowest BCUT2D eigenvalue weighted by Gasteiger charge is -2.32. The van der Waals surface area contributed by atoms with E-state index in [1.54, 1.807) is 32.9 Å². The Kier molecular flexibility index (Phi) is 7.00. The molecule has 2 aliphatic rings. The number of rotatable bonds is 8. The number of non-ortho nitro benzene ring substituents is 1. The Labute approximate surface area is 203 Å². The summed E-state index contributed by atoms with van der Waals surface area (Å²) in [6.45, 7) is 5.49. The van der Waals surface area contributed by atoms with Crippen molar-refractivity contribution < 1.29 is 24.0 Å². The van der Waals surface area contributed by atoms with E-state index in [-0.39, 0.29) is 36.3 Å². The highest BCUT2D eigenvalue weighted by Crippen LogP contribution is 2.55. The van der Waals surface area contributed by atoms with Crippen molar-refractivity contribution in [3.63, 3.8) is 0 Å². The van der Waals surface area contributed by atoms with Gasteiger partial charge in [0.25, 0.3) is 5.69 Å². The first-order chi connectivity index (χ1) is 16.9. The molecular formula is C27H28N2O6. The number of hydrogen-bond acceptors (Lipinski definition) is 7. The number of esters is 2. The minimum atomic E-state index is -0.860. The van der Waals surface area contributed by atoms with Gasteiger partial charge >= 0.3 is 11.9 Å². The third-order valence-corrected chi connectivity index (χ3v) is 6.39. The zero-order valence-electron chi connectivity index (χ0n) is 19.9. The summed E-state index contributed by atoms with van der Waals surface area (Å²) in [4.78, 5) is 37.5. The van der Waals surface area contributed by atoms with E-state index in [1.165, 1.54) is 17.7 Å². The Balaban J connectivity index is 1.88. The maximum absolute atomic E-state index is 13.4. The van der Waals surface area contributed by atoms with Crippen LogP contribution in [0.15, 0.2) is 77.1 Å². The molecule has 182 valence electrons. The lowest BCUT2D eigenvalue weighted by Crippen LogP contribution is -2.34. The van der Waals surface area contributed by atoms with Crippen LogP contribution in [-0.2, 0) is 19.1 Å². The maximum Gasteiger partial charge on any atom is 0.336 e. The predicted octanol–water partition coefficient (Wildman–Crippen LogP) is 4.74. The van der Waals surface area contributed by atoms with E-state index in [2.05, 4.69) is 17.4 Å². The fourth-order valence-corrected chi connectivity index (χ4v) is 4.80. The van der Waals surface area contributed by atoms with Crippen LogP contribution in [0.25, 0.3) is 0 Å². The number of carbonyl (C=O) groups is 2. The van der Waals surface area contributed by atoms with Gasteiger partial charge in [0.15, 0.2) is 0 Å². The molecule has 35 heavy (non-hydrogen) atoms. The number of nitrogens with zero attached hydrogens (tertiary/aromatic N) is 1. The summed E-state index contributed by atoms with van der Waals surface area (Å²) in [5.74, 6) is -1.76. The van der Waals surface area contributed by atoms with Gasteiger partial charge in [-0.2, -0.15) is 0 Å². The summed E-state index contributed by atoms with van der Waals surface area (Å²) < 4.78 is 10.8. The molecule has 3 atom stereocenters. The Morgan fingerprint density at radius 1 is 0.943 bits per heavy atom. The number of ether oxygens (including phenoxy) is 2. The monoisotopic (exact) mass is 476 g/mol. The lowest BCUT2D eigenvalue weighted by molar-refractivity contribution is -0.384. The second-order valence-electron chi connectivity index (χ2n) is 8.58. The van der Waals surface area contributed by atoms with Gasteiger partial charge in [-0.25, -0.2) is 9.59 Å². The summed E-state index contributed by atoms with van der Waals surface area (Å²) in [6, 6.07) is 16.1. The van der Waals surface area contributed by atoms with Crippen molar-refractivity contribution in [2.45, 2.75) is 39.0 Å². The lowest BCUT2D eigenvalue weighted by atomic mass is 9.79. The predicted molar refractivity (Wildman–Crippen MR) is 129 cm³/mol. The quantitative estimate of drug-likeness (QED) is 0.333. The van der Waals surface area contributed by atoms with Gasteiger partial charge in [-0.1, -0.05) is 42.5 Å². The van der Waals surface area contributed by atoms with Crippen molar-refractivity contribution >= 4 is 17.6 Å². The molecule has 4 rings (SSSR count). The van der Waals surface area contributed by atoms with Crippen molar-refractivity contribution in [3.05, 3.63) is 98.4 Å². The minimum absolute atomic E-state index is 0.0247. The first-order valence-corrected chi connectivity index (χ1v) is 11.7. The molecule has 3 unspecified atom stereocenters. The molecule has 2 aromatic rings. The fraction of sp³-hybridized carbons (Fsp3) is 0.333. The van der Waals surface area contributed by atoms with Gasteiger partial charge in [0, 0.05) is 29.4 Å². The van der Waals surface area contributed by atoms with Crippen molar-refractivity contribution in [1.82, 2.24) is 5.32 Å². The molecule has 0 radical (unpaired) electrons. The second-order valence-corrected chi connectivity index (χ2v) is 8.58. The van der Waals surface area contributed by atoms with E-state index in [0.29, 0.717) is 22.5 Å². The van der Waals surface area contributed by atoms with Gasteiger partial charge in [-0.15, -0.1) is 0 Å². The number of benzene rings is 2. The van der Waals surface area contributed by atoms with Gasteiger partial charge in [-0.05, 0) is 44.2 Å². The first-order valence-electron chi connectivity index (χ1n) is 11.7. The van der Waals surface area contributed by atoms with E-state index >= 15 is 0 Å². The highest BCUT2D eigenvalue weighted by molar-refractivity contribution is 6.00. The molecule has 8 nitrogen and oxygen atoms in total. The number of nitro groups is 1. The molecule has 1 saturated carbocycles. The molecule has 0 aromatic heterocycles. The van der Waals surface area contributed by atoms with Crippen molar-refractivity contribution in [3.8, 4) is 0 Å². The third-order valence-electron chi connectivity index (χ3n) is 6.39. The standard InChI is InChI=1S/C27H28N2O6/c1-4-34-26(30)22-16(3)28-25(21-15-20(21)17-10-7-6-8-11-17)24(27(31)35-5-2)23(22)18-12-9-13-19(14-18)29(32)33/h6-14,20-21,23,28H,4-5,15H2,1-3H3. The normalized spacial score (nSPS) is 21.3. The highest BCUT2D eigenvalue weighted by atomic mass is 16.6. The van der Waals surface area contributed by atoms with Gasteiger partial charge in [0.2, 0.25) is 0 Å². The van der Waals surface area contributed by atoms with Crippen LogP contribution in [0.3, 0.4) is 0 Å². The van der Waals surface area contributed by atoms with Crippen LogP contribution >= 0.6 is 0 Å². The summed E-state index contributed by atoms with van der Waals surface area (Å²) >= 11 is 0. The Morgan fingerprint density at radius 3 is 2.20 bits per heavy atom. The average molecular weight is 477 g/mol. The molecule has 1 N–H and O–H groups in total. The number of nitrogens with one attached hydrogen (secondary N) is 1. The summed E-state index contributed by atoms with van der Waals surface area (Å²) in [6.07, 6.45) is 0.832. The topological polar surface area (TPSA) is 108 Å². The van der Waals surface area contributed by atoms with Crippen molar-refractivity contribution in [2.75, 3.05) is 13.2 Å². The molecule has 0 bridgehead atoms. The van der Waals surface area contributed by atoms with Crippen molar-refractivity contribution in [1.29, 1.82) is 0 Å². The Morgan fingerprint density at radius 2 is 1.57 bits per heavy atom. The zero-order chi connectivity index (χ0) is 25.1. The van der Waals surface area contributed by atoms with Crippen LogP contribution in [0.4, 0.5) is 5.69 Å². The number of allylic oxidation sites excluding steroid dienone is 2. The molecule has 1 aliphatic carbocycles. The zero-order valence-corrected chi connectivity index (χ0v) is 19.9. The van der Waals surface area contributed by atoms with Crippen LogP contribution in [0, 0.1) is 16.0 Å². The molecule has 8 heteroatoms. The molecule has 0 saturated heterocycles. The Hall–Kier alpha value is -3.94. The molecule has 0 spiro atoms. The third kappa shape index (κ3) is 4.82. The minimum Gasteiger partial charge on any atom is -0.463 e. The molecular weight excluding hydrogens is 448 g/mol. The van der Waals surface area contributed by atoms with Gasteiger partial charge < -0.3 is 14.8 Å². The van der Waals surface area contributed by atoms with E-state index < -0.39 is 22.8 Å². The highest BCUT2D eigenvalue weighted by Gasteiger charge is 2.48. The average Bonchev–Trinajstić information content (AvgIpc) is 3.65.